The van der Waals surface area contributed by atoms with Gasteiger partial charge in [-0.3, -0.25) is 9.59 Å². The Balaban J connectivity index is 1.66. The molecule has 188 valence electrons. The minimum atomic E-state index is -3.67. The number of nitrogens with zero attached hydrogens (tertiary/aromatic N) is 2. The zero-order valence-corrected chi connectivity index (χ0v) is 22.2. The van der Waals surface area contributed by atoms with Gasteiger partial charge in [0, 0.05) is 35.3 Å². The Bertz CT molecular complexity index is 1220. The molecule has 2 amide bonds. The molecule has 1 atom stereocenters. The van der Waals surface area contributed by atoms with Crippen LogP contribution in [0.3, 0.4) is 0 Å². The lowest BCUT2D eigenvalue weighted by molar-refractivity contribution is -0.121. The highest BCUT2D eigenvalue weighted by atomic mass is 32.2. The average molecular weight is 516 g/mol. The molecule has 1 fully saturated rings. The van der Waals surface area contributed by atoms with Crippen molar-refractivity contribution in [2.45, 2.75) is 67.9 Å². The first kappa shape index (κ1) is 25.7. The van der Waals surface area contributed by atoms with Crippen molar-refractivity contribution in [3.05, 3.63) is 47.5 Å². The number of para-hydroxylation sites is 1. The number of anilines is 2. The molecular weight excluding hydrogens is 482 g/mol. The summed E-state index contributed by atoms with van der Waals surface area (Å²) >= 11 is 1.53. The van der Waals surface area contributed by atoms with E-state index in [1.54, 1.807) is 18.2 Å². The maximum Gasteiger partial charge on any atom is 0.244 e. The van der Waals surface area contributed by atoms with Crippen molar-refractivity contribution in [3.63, 3.8) is 0 Å². The molecule has 0 saturated carbocycles. The van der Waals surface area contributed by atoms with Gasteiger partial charge in [-0.1, -0.05) is 38.5 Å². The van der Waals surface area contributed by atoms with Gasteiger partial charge < -0.3 is 10.2 Å². The van der Waals surface area contributed by atoms with Gasteiger partial charge in [-0.25, -0.2) is 8.42 Å². The maximum absolute atomic E-state index is 13.3. The molecule has 2 aromatic carbocycles. The minimum absolute atomic E-state index is 0.0157. The van der Waals surface area contributed by atoms with E-state index in [1.807, 2.05) is 39.0 Å². The first-order valence-corrected chi connectivity index (χ1v) is 14.5. The molecule has 4 rings (SSSR count). The molecule has 2 aromatic rings. The highest BCUT2D eigenvalue weighted by Gasteiger charge is 2.32. The molecule has 7 nitrogen and oxygen atoms in total. The number of thioether (sulfide) groups is 1. The Kier molecular flexibility index (Phi) is 7.88. The van der Waals surface area contributed by atoms with E-state index in [9.17, 15) is 18.0 Å². The van der Waals surface area contributed by atoms with E-state index in [0.717, 1.165) is 47.4 Å². The van der Waals surface area contributed by atoms with E-state index in [-0.39, 0.29) is 34.9 Å². The number of carbonyl (C=O) groups excluding carboxylic acids is 2. The number of sulfonamides is 1. The van der Waals surface area contributed by atoms with Gasteiger partial charge in [-0.2, -0.15) is 4.31 Å². The average Bonchev–Trinajstić information content (AvgIpc) is 2.95. The molecule has 0 unspecified atom stereocenters. The summed E-state index contributed by atoms with van der Waals surface area (Å²) in [5, 5.41) is 3.01. The van der Waals surface area contributed by atoms with Crippen LogP contribution >= 0.6 is 11.8 Å². The Labute approximate surface area is 212 Å². The SMILES string of the molecule is CCc1cccc(C)c1NC(=O)CN1C(=O)C[C@@H](C)Sc2ccc(S(=O)(=O)N3CCCCC3)cc21. The zero-order chi connectivity index (χ0) is 25.2. The lowest BCUT2D eigenvalue weighted by atomic mass is 10.1. The summed E-state index contributed by atoms with van der Waals surface area (Å²) in [7, 11) is -3.67. The number of aryl methyl sites for hydroxylation is 2. The minimum Gasteiger partial charge on any atom is -0.324 e. The molecule has 2 heterocycles. The van der Waals surface area contributed by atoms with E-state index in [0.29, 0.717) is 18.8 Å². The second kappa shape index (κ2) is 10.7. The number of carbonyl (C=O) groups is 2. The molecule has 0 aliphatic carbocycles. The molecule has 9 heteroatoms. The predicted molar refractivity (Wildman–Crippen MR) is 141 cm³/mol. The van der Waals surface area contributed by atoms with Crippen LogP contribution < -0.4 is 10.2 Å². The lowest BCUT2D eigenvalue weighted by Gasteiger charge is -2.27. The van der Waals surface area contributed by atoms with Crippen molar-refractivity contribution in [3.8, 4) is 0 Å². The van der Waals surface area contributed by atoms with Crippen LogP contribution in [0.5, 0.6) is 0 Å². The summed E-state index contributed by atoms with van der Waals surface area (Å²) in [6.45, 7) is 6.77. The second-order valence-corrected chi connectivity index (χ2v) is 12.6. The third-order valence-electron chi connectivity index (χ3n) is 6.57. The van der Waals surface area contributed by atoms with Crippen LogP contribution in [0.2, 0.25) is 0 Å². The van der Waals surface area contributed by atoms with Crippen molar-refractivity contribution in [1.29, 1.82) is 0 Å². The van der Waals surface area contributed by atoms with Crippen LogP contribution in [0, 0.1) is 6.92 Å². The summed E-state index contributed by atoms with van der Waals surface area (Å²) < 4.78 is 28.2. The monoisotopic (exact) mass is 515 g/mol. The molecular formula is C26H33N3O4S2. The molecule has 1 saturated heterocycles. The Morgan fingerprint density at radius 1 is 1.14 bits per heavy atom. The van der Waals surface area contributed by atoms with Gasteiger partial charge in [0.25, 0.3) is 0 Å². The summed E-state index contributed by atoms with van der Waals surface area (Å²) in [5.74, 6) is -0.496. The number of fused-ring (bicyclic) bond motifs is 1. The van der Waals surface area contributed by atoms with E-state index in [1.165, 1.54) is 21.0 Å². The topological polar surface area (TPSA) is 86.8 Å². The number of hydrogen-bond donors (Lipinski definition) is 1. The van der Waals surface area contributed by atoms with E-state index in [2.05, 4.69) is 5.32 Å². The highest BCUT2D eigenvalue weighted by molar-refractivity contribution is 8.00. The van der Waals surface area contributed by atoms with Crippen LogP contribution in [0.4, 0.5) is 11.4 Å². The van der Waals surface area contributed by atoms with Crippen molar-refractivity contribution in [2.24, 2.45) is 0 Å². The fraction of sp³-hybridized carbons (Fsp3) is 0.462. The Morgan fingerprint density at radius 2 is 1.89 bits per heavy atom. The quantitative estimate of drug-likeness (QED) is 0.608. The number of amides is 2. The number of benzene rings is 2. The van der Waals surface area contributed by atoms with Gasteiger partial charge in [0.1, 0.15) is 6.54 Å². The van der Waals surface area contributed by atoms with E-state index in [4.69, 9.17) is 0 Å². The van der Waals surface area contributed by atoms with Gasteiger partial charge in [0.05, 0.1) is 10.6 Å². The smallest absolute Gasteiger partial charge is 0.244 e. The van der Waals surface area contributed by atoms with Crippen LogP contribution in [0.25, 0.3) is 0 Å². The van der Waals surface area contributed by atoms with Crippen LogP contribution in [0.15, 0.2) is 46.2 Å². The Morgan fingerprint density at radius 3 is 2.60 bits per heavy atom. The summed E-state index contributed by atoms with van der Waals surface area (Å²) in [5.41, 5.74) is 3.24. The molecule has 35 heavy (non-hydrogen) atoms. The molecule has 2 aliphatic rings. The maximum atomic E-state index is 13.3. The largest absolute Gasteiger partial charge is 0.324 e. The third kappa shape index (κ3) is 5.57. The molecule has 1 N–H and O–H groups in total. The molecule has 2 aliphatic heterocycles. The lowest BCUT2D eigenvalue weighted by Crippen LogP contribution is -2.39. The number of hydrogen-bond acceptors (Lipinski definition) is 5. The Hall–Kier alpha value is -2.36. The fourth-order valence-electron chi connectivity index (χ4n) is 4.67. The van der Waals surface area contributed by atoms with Gasteiger partial charge in [0.15, 0.2) is 0 Å². The zero-order valence-electron chi connectivity index (χ0n) is 20.5. The van der Waals surface area contributed by atoms with E-state index >= 15 is 0 Å². The fourth-order valence-corrected chi connectivity index (χ4v) is 7.30. The van der Waals surface area contributed by atoms with Crippen LogP contribution in [0.1, 0.15) is 50.7 Å². The number of rotatable bonds is 6. The van der Waals surface area contributed by atoms with Crippen LogP contribution in [-0.2, 0) is 26.0 Å². The predicted octanol–water partition coefficient (Wildman–Crippen LogP) is 4.59. The first-order valence-electron chi connectivity index (χ1n) is 12.2. The van der Waals surface area contributed by atoms with Crippen molar-refractivity contribution in [2.75, 3.05) is 29.9 Å². The van der Waals surface area contributed by atoms with E-state index < -0.39 is 10.0 Å². The summed E-state index contributed by atoms with van der Waals surface area (Å²) in [6, 6.07) is 10.8. The molecule has 0 radical (unpaired) electrons. The van der Waals surface area contributed by atoms with Gasteiger partial charge in [-0.05, 0) is 55.5 Å². The molecule has 0 bridgehead atoms. The van der Waals surface area contributed by atoms with Crippen molar-refractivity contribution < 1.29 is 18.0 Å². The van der Waals surface area contributed by atoms with Crippen molar-refractivity contribution >= 4 is 45.0 Å². The molecule has 0 aromatic heterocycles. The first-order chi connectivity index (χ1) is 16.7. The van der Waals surface area contributed by atoms with Crippen LogP contribution in [-0.4, -0.2) is 49.4 Å². The van der Waals surface area contributed by atoms with Crippen molar-refractivity contribution in [1.82, 2.24) is 4.31 Å². The highest BCUT2D eigenvalue weighted by Crippen LogP contribution is 2.40. The second-order valence-electron chi connectivity index (χ2n) is 9.22. The van der Waals surface area contributed by atoms with Gasteiger partial charge in [-0.15, -0.1) is 11.8 Å². The van der Waals surface area contributed by atoms with Gasteiger partial charge >= 0.3 is 0 Å². The third-order valence-corrected chi connectivity index (χ3v) is 9.63. The molecule has 0 spiro atoms. The standard InChI is InChI=1S/C26H33N3O4S2/c1-4-20-10-8-9-18(2)26(20)27-24(30)17-29-22-16-21(35(32,33)28-13-6-5-7-14-28)11-12-23(22)34-19(3)15-25(29)31/h8-12,16,19H,4-7,13-15,17H2,1-3H3,(H,27,30)/t19-/m1/s1. The van der Waals surface area contributed by atoms with Gasteiger partial charge in [0.2, 0.25) is 21.8 Å². The summed E-state index contributed by atoms with van der Waals surface area (Å²) in [6.07, 6.45) is 3.77. The number of piperidine rings is 1. The normalized spacial score (nSPS) is 19.2. The number of nitrogens with one attached hydrogen (secondary N) is 1. The summed E-state index contributed by atoms with van der Waals surface area (Å²) in [4.78, 5) is 28.8.